The molecule has 162 valence electrons. The molecule has 1 aliphatic rings. The van der Waals surface area contributed by atoms with Crippen molar-refractivity contribution >= 4 is 53.4 Å². The Morgan fingerprint density at radius 2 is 2.03 bits per heavy atom. The highest BCUT2D eigenvalue weighted by molar-refractivity contribution is 6.30. The summed E-state index contributed by atoms with van der Waals surface area (Å²) >= 11 is 6.20. The maximum absolute atomic E-state index is 13.6. The molecule has 1 unspecified atom stereocenters. The summed E-state index contributed by atoms with van der Waals surface area (Å²) in [6, 6.07) is 9.71. The Bertz CT molecular complexity index is 1040. The molecular weight excluding hydrogens is 445 g/mol. The van der Waals surface area contributed by atoms with E-state index in [0.29, 0.717) is 23.7 Å². The van der Waals surface area contributed by atoms with Crippen molar-refractivity contribution in [3.05, 3.63) is 58.4 Å². The number of benzene rings is 1. The van der Waals surface area contributed by atoms with E-state index in [1.54, 1.807) is 6.20 Å². The van der Waals surface area contributed by atoms with Gasteiger partial charge in [-0.2, -0.15) is 5.10 Å². The molecule has 1 amide bonds. The van der Waals surface area contributed by atoms with Crippen LogP contribution in [-0.2, 0) is 0 Å². The van der Waals surface area contributed by atoms with E-state index in [-0.39, 0.29) is 42.8 Å². The third kappa shape index (κ3) is 4.57. The zero-order valence-corrected chi connectivity index (χ0v) is 19.5. The predicted octanol–water partition coefficient (Wildman–Crippen LogP) is 4.60. The van der Waals surface area contributed by atoms with Crippen molar-refractivity contribution in [2.75, 3.05) is 19.6 Å². The van der Waals surface area contributed by atoms with Crippen molar-refractivity contribution in [2.45, 2.75) is 32.9 Å². The summed E-state index contributed by atoms with van der Waals surface area (Å²) in [6.45, 7) is 8.13. The second kappa shape index (κ2) is 9.96. The van der Waals surface area contributed by atoms with E-state index < -0.39 is 0 Å². The Hall–Kier alpha value is -1.86. The van der Waals surface area contributed by atoms with Crippen LogP contribution in [0.25, 0.3) is 11.0 Å². The van der Waals surface area contributed by atoms with E-state index in [2.05, 4.69) is 29.2 Å². The molecule has 1 N–H and O–H groups in total. The molecule has 0 aliphatic carbocycles. The SMILES string of the molecule is Cc1cc(C(=O)N2CCNCC2c2cccc(Cl)c2)c2cnn(C(C)C)c2n1.Cl.Cl. The molecule has 0 saturated carbocycles. The van der Waals surface area contributed by atoms with E-state index >= 15 is 0 Å². The van der Waals surface area contributed by atoms with Gasteiger partial charge >= 0.3 is 0 Å². The van der Waals surface area contributed by atoms with Crippen molar-refractivity contribution in [3.63, 3.8) is 0 Å². The number of hydrogen-bond acceptors (Lipinski definition) is 4. The van der Waals surface area contributed by atoms with Crippen LogP contribution in [0.3, 0.4) is 0 Å². The number of carbonyl (C=O) groups is 1. The highest BCUT2D eigenvalue weighted by atomic mass is 35.5. The van der Waals surface area contributed by atoms with Crippen LogP contribution in [0.4, 0.5) is 0 Å². The molecule has 1 aliphatic heterocycles. The van der Waals surface area contributed by atoms with Crippen molar-refractivity contribution in [1.29, 1.82) is 0 Å². The third-order valence-corrected chi connectivity index (χ3v) is 5.39. The van der Waals surface area contributed by atoms with Crippen LogP contribution in [0.5, 0.6) is 0 Å². The maximum atomic E-state index is 13.6. The quantitative estimate of drug-likeness (QED) is 0.607. The Kier molecular flexibility index (Phi) is 8.11. The standard InChI is InChI=1S/C21H24ClN5O.2ClH/c1-13(2)27-20-18(11-24-27)17(9-14(3)25-20)21(28)26-8-7-23-12-19(26)15-5-4-6-16(22)10-15;;/h4-6,9-11,13,19,23H,7-8,12H2,1-3H3;2*1H. The monoisotopic (exact) mass is 469 g/mol. The van der Waals surface area contributed by atoms with Crippen LogP contribution in [0.15, 0.2) is 36.5 Å². The molecule has 1 atom stereocenters. The first-order valence-electron chi connectivity index (χ1n) is 9.57. The summed E-state index contributed by atoms with van der Waals surface area (Å²) in [7, 11) is 0. The zero-order chi connectivity index (χ0) is 19.8. The number of halogens is 3. The largest absolute Gasteiger partial charge is 0.329 e. The fraction of sp³-hybridized carbons (Fsp3) is 0.381. The lowest BCUT2D eigenvalue weighted by molar-refractivity contribution is 0.0636. The number of hydrogen-bond donors (Lipinski definition) is 1. The van der Waals surface area contributed by atoms with Gasteiger partial charge < -0.3 is 10.2 Å². The molecule has 4 rings (SSSR count). The number of nitrogens with one attached hydrogen (secondary N) is 1. The van der Waals surface area contributed by atoms with Crippen molar-refractivity contribution in [2.24, 2.45) is 0 Å². The second-order valence-electron chi connectivity index (χ2n) is 7.50. The topological polar surface area (TPSA) is 63.1 Å². The molecule has 6 nitrogen and oxygen atoms in total. The number of fused-ring (bicyclic) bond motifs is 1. The van der Waals surface area contributed by atoms with E-state index in [1.807, 2.05) is 46.8 Å². The number of piperazine rings is 1. The molecule has 1 saturated heterocycles. The Labute approximate surface area is 193 Å². The zero-order valence-electron chi connectivity index (χ0n) is 17.1. The molecule has 1 aromatic carbocycles. The number of aromatic nitrogens is 3. The summed E-state index contributed by atoms with van der Waals surface area (Å²) in [4.78, 5) is 20.2. The predicted molar refractivity (Wildman–Crippen MR) is 125 cm³/mol. The van der Waals surface area contributed by atoms with Gasteiger partial charge in [-0.1, -0.05) is 23.7 Å². The van der Waals surface area contributed by atoms with Crippen LogP contribution in [-0.4, -0.2) is 45.2 Å². The van der Waals surface area contributed by atoms with Gasteiger partial charge in [0.1, 0.15) is 0 Å². The van der Waals surface area contributed by atoms with E-state index in [0.717, 1.165) is 28.8 Å². The van der Waals surface area contributed by atoms with Gasteiger partial charge in [0, 0.05) is 36.4 Å². The van der Waals surface area contributed by atoms with Crippen LogP contribution in [0.1, 0.15) is 47.5 Å². The van der Waals surface area contributed by atoms with Gasteiger partial charge in [-0.25, -0.2) is 9.67 Å². The first-order chi connectivity index (χ1) is 13.5. The summed E-state index contributed by atoms with van der Waals surface area (Å²) < 4.78 is 1.87. The normalized spacial score (nSPS) is 16.3. The van der Waals surface area contributed by atoms with Crippen molar-refractivity contribution in [3.8, 4) is 0 Å². The van der Waals surface area contributed by atoms with Crippen LogP contribution < -0.4 is 5.32 Å². The lowest BCUT2D eigenvalue weighted by Crippen LogP contribution is -2.48. The first-order valence-corrected chi connectivity index (χ1v) is 9.95. The third-order valence-electron chi connectivity index (χ3n) is 5.15. The van der Waals surface area contributed by atoms with Gasteiger partial charge in [0.2, 0.25) is 0 Å². The number of aryl methyl sites for hydroxylation is 1. The van der Waals surface area contributed by atoms with E-state index in [9.17, 15) is 4.79 Å². The summed E-state index contributed by atoms with van der Waals surface area (Å²) in [6.07, 6.45) is 1.76. The van der Waals surface area contributed by atoms with Gasteiger partial charge in [0.05, 0.1) is 23.2 Å². The average Bonchev–Trinajstić information content (AvgIpc) is 3.11. The second-order valence-corrected chi connectivity index (χ2v) is 7.94. The van der Waals surface area contributed by atoms with Crippen LogP contribution in [0, 0.1) is 6.92 Å². The Balaban J connectivity index is 0.00000160. The van der Waals surface area contributed by atoms with Crippen LogP contribution >= 0.6 is 36.4 Å². The minimum absolute atomic E-state index is 0. The fourth-order valence-electron chi connectivity index (χ4n) is 3.81. The van der Waals surface area contributed by atoms with Crippen LogP contribution in [0.2, 0.25) is 5.02 Å². The molecule has 9 heteroatoms. The molecule has 3 aromatic rings. The number of nitrogens with zero attached hydrogens (tertiary/aromatic N) is 4. The lowest BCUT2D eigenvalue weighted by atomic mass is 10.0. The number of amides is 1. The van der Waals surface area contributed by atoms with Gasteiger partial charge in [-0.3, -0.25) is 4.79 Å². The summed E-state index contributed by atoms with van der Waals surface area (Å²) in [5.41, 5.74) is 3.26. The van der Waals surface area contributed by atoms with Gasteiger partial charge in [0.25, 0.3) is 5.91 Å². The van der Waals surface area contributed by atoms with Crippen molar-refractivity contribution < 1.29 is 4.79 Å². The molecule has 0 radical (unpaired) electrons. The number of rotatable bonds is 3. The molecule has 3 heterocycles. The lowest BCUT2D eigenvalue weighted by Gasteiger charge is -2.37. The number of pyridine rings is 1. The minimum atomic E-state index is -0.0661. The summed E-state index contributed by atoms with van der Waals surface area (Å²) in [5, 5.41) is 9.33. The number of carbonyl (C=O) groups excluding carboxylic acids is 1. The molecule has 0 bridgehead atoms. The smallest absolute Gasteiger partial charge is 0.255 e. The van der Waals surface area contributed by atoms with E-state index in [1.165, 1.54) is 0 Å². The fourth-order valence-corrected chi connectivity index (χ4v) is 4.01. The molecule has 1 fully saturated rings. The van der Waals surface area contributed by atoms with Crippen molar-refractivity contribution in [1.82, 2.24) is 25.0 Å². The summed E-state index contributed by atoms with van der Waals surface area (Å²) in [5.74, 6) is 0.00489. The highest BCUT2D eigenvalue weighted by Crippen LogP contribution is 2.29. The minimum Gasteiger partial charge on any atom is -0.329 e. The van der Waals surface area contributed by atoms with E-state index in [4.69, 9.17) is 11.6 Å². The highest BCUT2D eigenvalue weighted by Gasteiger charge is 2.30. The molecule has 30 heavy (non-hydrogen) atoms. The van der Waals surface area contributed by atoms with Gasteiger partial charge in [-0.05, 0) is 44.5 Å². The van der Waals surface area contributed by atoms with Gasteiger partial charge in [0.15, 0.2) is 5.65 Å². The molecule has 2 aromatic heterocycles. The van der Waals surface area contributed by atoms with Gasteiger partial charge in [-0.15, -0.1) is 24.8 Å². The molecular formula is C21H26Cl3N5O. The maximum Gasteiger partial charge on any atom is 0.255 e. The average molecular weight is 471 g/mol. The first kappa shape index (κ1) is 24.4. The Morgan fingerprint density at radius 3 is 2.73 bits per heavy atom. The molecule has 0 spiro atoms. The Morgan fingerprint density at radius 1 is 1.27 bits per heavy atom.